The van der Waals surface area contributed by atoms with Gasteiger partial charge in [-0.25, -0.2) is 13.8 Å². The van der Waals surface area contributed by atoms with Gasteiger partial charge in [0.25, 0.3) is 5.91 Å². The molecule has 1 aromatic carbocycles. The van der Waals surface area contributed by atoms with Gasteiger partial charge in [0, 0.05) is 10.9 Å². The summed E-state index contributed by atoms with van der Waals surface area (Å²) in [7, 11) is 0. The minimum atomic E-state index is -0.699. The summed E-state index contributed by atoms with van der Waals surface area (Å²) in [5.41, 5.74) is 1.13. The van der Waals surface area contributed by atoms with Crippen LogP contribution in [0.1, 0.15) is 27.4 Å². The maximum absolute atomic E-state index is 13.8. The molecule has 0 radical (unpaired) electrons. The third kappa shape index (κ3) is 2.82. The standard InChI is InChI=1S/C17H14F2N2O2S/c1-8-9(2)23-10(3)14(8)16(22)21-17-20-13(7-24-17)15-11(18)5-4-6-12(15)19/h4-7H,1-3H3,(H,20,21,22). The number of carbonyl (C=O) groups excluding carboxylic acids is 1. The molecule has 7 heteroatoms. The van der Waals surface area contributed by atoms with Crippen LogP contribution in [0.2, 0.25) is 0 Å². The van der Waals surface area contributed by atoms with Crippen LogP contribution in [0.4, 0.5) is 13.9 Å². The van der Waals surface area contributed by atoms with E-state index in [9.17, 15) is 13.6 Å². The normalized spacial score (nSPS) is 10.9. The Kier molecular flexibility index (Phi) is 4.19. The second-order valence-corrected chi connectivity index (χ2v) is 6.16. The first-order valence-corrected chi connectivity index (χ1v) is 8.04. The Hall–Kier alpha value is -2.54. The summed E-state index contributed by atoms with van der Waals surface area (Å²) in [5, 5.41) is 4.40. The molecular formula is C17H14F2N2O2S. The molecule has 124 valence electrons. The molecule has 24 heavy (non-hydrogen) atoms. The number of anilines is 1. The van der Waals surface area contributed by atoms with Gasteiger partial charge in [-0.2, -0.15) is 0 Å². The summed E-state index contributed by atoms with van der Waals surface area (Å²) in [6.07, 6.45) is 0. The molecule has 0 bridgehead atoms. The topological polar surface area (TPSA) is 55.1 Å². The van der Waals surface area contributed by atoms with Crippen molar-refractivity contribution in [1.82, 2.24) is 4.98 Å². The number of halogens is 2. The van der Waals surface area contributed by atoms with E-state index < -0.39 is 11.6 Å². The number of aryl methyl sites for hydroxylation is 2. The lowest BCUT2D eigenvalue weighted by Gasteiger charge is -2.02. The number of furan rings is 1. The average molecular weight is 348 g/mol. The quantitative estimate of drug-likeness (QED) is 0.735. The van der Waals surface area contributed by atoms with E-state index in [4.69, 9.17) is 4.42 Å². The number of aromatic nitrogens is 1. The van der Waals surface area contributed by atoms with Crippen LogP contribution in [-0.2, 0) is 0 Å². The third-order valence-corrected chi connectivity index (χ3v) is 4.49. The smallest absolute Gasteiger partial charge is 0.261 e. The van der Waals surface area contributed by atoms with Crippen molar-refractivity contribution in [3.05, 3.63) is 57.9 Å². The first-order valence-electron chi connectivity index (χ1n) is 7.16. The summed E-state index contributed by atoms with van der Waals surface area (Å²) in [4.78, 5) is 16.5. The molecule has 0 spiro atoms. The molecule has 2 aromatic heterocycles. The number of nitrogens with one attached hydrogen (secondary N) is 1. The molecule has 0 unspecified atom stereocenters. The lowest BCUT2D eigenvalue weighted by Crippen LogP contribution is -2.13. The van der Waals surface area contributed by atoms with E-state index in [-0.39, 0.29) is 22.3 Å². The molecule has 0 aliphatic rings. The highest BCUT2D eigenvalue weighted by Gasteiger charge is 2.20. The van der Waals surface area contributed by atoms with Crippen LogP contribution in [0, 0.1) is 32.4 Å². The van der Waals surface area contributed by atoms with E-state index in [0.29, 0.717) is 17.1 Å². The summed E-state index contributed by atoms with van der Waals surface area (Å²) in [6.45, 7) is 5.28. The van der Waals surface area contributed by atoms with E-state index in [1.165, 1.54) is 11.4 Å². The Morgan fingerprint density at radius 1 is 1.17 bits per heavy atom. The van der Waals surface area contributed by atoms with E-state index >= 15 is 0 Å². The van der Waals surface area contributed by atoms with Crippen LogP contribution in [0.25, 0.3) is 11.3 Å². The highest BCUT2D eigenvalue weighted by Crippen LogP contribution is 2.30. The number of thiazole rings is 1. The van der Waals surface area contributed by atoms with Crippen molar-refractivity contribution in [2.75, 3.05) is 5.32 Å². The Labute approximate surface area is 141 Å². The maximum Gasteiger partial charge on any atom is 0.261 e. The van der Waals surface area contributed by atoms with Gasteiger partial charge in [-0.15, -0.1) is 11.3 Å². The SMILES string of the molecule is Cc1oc(C)c(C(=O)Nc2nc(-c3c(F)cccc3F)cs2)c1C. The van der Waals surface area contributed by atoms with Crippen molar-refractivity contribution in [2.45, 2.75) is 20.8 Å². The molecule has 0 saturated heterocycles. The number of benzene rings is 1. The molecule has 0 saturated carbocycles. The van der Waals surface area contributed by atoms with Crippen molar-refractivity contribution < 1.29 is 18.0 Å². The van der Waals surface area contributed by atoms with Gasteiger partial charge in [0.05, 0.1) is 16.8 Å². The molecule has 2 heterocycles. The monoisotopic (exact) mass is 348 g/mol. The van der Waals surface area contributed by atoms with E-state index in [2.05, 4.69) is 10.3 Å². The second kappa shape index (κ2) is 6.16. The Balaban J connectivity index is 1.88. The summed E-state index contributed by atoms with van der Waals surface area (Å²) >= 11 is 1.10. The van der Waals surface area contributed by atoms with Crippen molar-refractivity contribution >= 4 is 22.4 Å². The van der Waals surface area contributed by atoms with Crippen LogP contribution in [0.5, 0.6) is 0 Å². The largest absolute Gasteiger partial charge is 0.466 e. The Morgan fingerprint density at radius 3 is 2.42 bits per heavy atom. The van der Waals surface area contributed by atoms with Gasteiger partial charge in [0.2, 0.25) is 0 Å². The molecule has 0 aliphatic carbocycles. The van der Waals surface area contributed by atoms with Crippen molar-refractivity contribution in [1.29, 1.82) is 0 Å². The fourth-order valence-corrected chi connectivity index (χ4v) is 3.17. The zero-order valence-electron chi connectivity index (χ0n) is 13.2. The van der Waals surface area contributed by atoms with Gasteiger partial charge < -0.3 is 4.42 Å². The highest BCUT2D eigenvalue weighted by atomic mass is 32.1. The number of nitrogens with zero attached hydrogens (tertiary/aromatic N) is 1. The van der Waals surface area contributed by atoms with Crippen LogP contribution in [0.3, 0.4) is 0 Å². The summed E-state index contributed by atoms with van der Waals surface area (Å²) in [6, 6.07) is 3.62. The number of amides is 1. The van der Waals surface area contributed by atoms with Gasteiger partial charge in [-0.1, -0.05) is 6.07 Å². The van der Waals surface area contributed by atoms with Crippen molar-refractivity contribution in [3.8, 4) is 11.3 Å². The zero-order chi connectivity index (χ0) is 17.4. The highest BCUT2D eigenvalue weighted by molar-refractivity contribution is 7.14. The summed E-state index contributed by atoms with van der Waals surface area (Å²) < 4.78 is 33.0. The van der Waals surface area contributed by atoms with Gasteiger partial charge in [0.15, 0.2) is 5.13 Å². The molecule has 0 fully saturated rings. The average Bonchev–Trinajstić information content (AvgIpc) is 3.04. The lowest BCUT2D eigenvalue weighted by atomic mass is 10.1. The number of hydrogen-bond acceptors (Lipinski definition) is 4. The first-order chi connectivity index (χ1) is 11.4. The Bertz CT molecular complexity index is 911. The van der Waals surface area contributed by atoms with Crippen molar-refractivity contribution in [2.24, 2.45) is 0 Å². The first kappa shape index (κ1) is 16.3. The zero-order valence-corrected chi connectivity index (χ0v) is 14.1. The van der Waals surface area contributed by atoms with Crippen LogP contribution >= 0.6 is 11.3 Å². The predicted octanol–water partition coefficient (Wildman–Crippen LogP) is 4.86. The van der Waals surface area contributed by atoms with E-state index in [0.717, 1.165) is 29.0 Å². The lowest BCUT2D eigenvalue weighted by molar-refractivity contribution is 0.102. The number of hydrogen-bond donors (Lipinski definition) is 1. The predicted molar refractivity (Wildman–Crippen MR) is 88.3 cm³/mol. The maximum atomic E-state index is 13.8. The minimum absolute atomic E-state index is 0.141. The minimum Gasteiger partial charge on any atom is -0.466 e. The third-order valence-electron chi connectivity index (χ3n) is 3.73. The van der Waals surface area contributed by atoms with E-state index in [1.54, 1.807) is 20.8 Å². The van der Waals surface area contributed by atoms with Gasteiger partial charge >= 0.3 is 0 Å². The summed E-state index contributed by atoms with van der Waals surface area (Å²) in [5.74, 6) is -0.576. The van der Waals surface area contributed by atoms with Gasteiger partial charge in [-0.3, -0.25) is 10.1 Å². The van der Waals surface area contributed by atoms with Gasteiger partial charge in [-0.05, 0) is 32.9 Å². The molecule has 4 nitrogen and oxygen atoms in total. The molecular weight excluding hydrogens is 334 g/mol. The molecule has 3 aromatic rings. The van der Waals surface area contributed by atoms with Crippen LogP contribution in [-0.4, -0.2) is 10.9 Å². The molecule has 1 amide bonds. The fourth-order valence-electron chi connectivity index (χ4n) is 2.48. The van der Waals surface area contributed by atoms with Crippen LogP contribution < -0.4 is 5.32 Å². The molecule has 0 aliphatic heterocycles. The number of carbonyl (C=O) groups is 1. The Morgan fingerprint density at radius 2 is 1.83 bits per heavy atom. The number of rotatable bonds is 3. The van der Waals surface area contributed by atoms with Crippen molar-refractivity contribution in [3.63, 3.8) is 0 Å². The molecule has 3 rings (SSSR count). The second-order valence-electron chi connectivity index (χ2n) is 5.30. The van der Waals surface area contributed by atoms with Gasteiger partial charge in [0.1, 0.15) is 23.2 Å². The van der Waals surface area contributed by atoms with Crippen LogP contribution in [0.15, 0.2) is 28.0 Å². The molecule has 0 atom stereocenters. The fraction of sp³-hybridized carbons (Fsp3) is 0.176. The van der Waals surface area contributed by atoms with E-state index in [1.807, 2.05) is 0 Å². The molecule has 1 N–H and O–H groups in total.